The summed E-state index contributed by atoms with van der Waals surface area (Å²) in [5.41, 5.74) is 5.42. The summed E-state index contributed by atoms with van der Waals surface area (Å²) in [5.74, 6) is 0.468. The summed E-state index contributed by atoms with van der Waals surface area (Å²) in [5, 5.41) is 8.21. The minimum atomic E-state index is 0.468. The molecule has 0 aromatic rings. The first-order valence-corrected chi connectivity index (χ1v) is 3.02. The average Bonchev–Trinajstić information content (AvgIpc) is 1.98. The minimum Gasteiger partial charge on any atom is -0.370 e. The van der Waals surface area contributed by atoms with Crippen molar-refractivity contribution in [2.24, 2.45) is 10.7 Å². The van der Waals surface area contributed by atoms with Crippen molar-refractivity contribution >= 4 is 5.96 Å². The summed E-state index contributed by atoms with van der Waals surface area (Å²) in [6.07, 6.45) is 0.479. The van der Waals surface area contributed by atoms with Crippen molar-refractivity contribution in [3.8, 4) is 6.07 Å². The van der Waals surface area contributed by atoms with E-state index in [2.05, 4.69) is 4.99 Å². The third-order valence-corrected chi connectivity index (χ3v) is 1.18. The third-order valence-electron chi connectivity index (χ3n) is 1.18. The molecule has 4 heteroatoms. The summed E-state index contributed by atoms with van der Waals surface area (Å²) in [4.78, 5) is 5.49. The Bertz CT molecular complexity index is 156. The van der Waals surface area contributed by atoms with Crippen molar-refractivity contribution in [2.45, 2.75) is 6.42 Å². The predicted molar refractivity (Wildman–Crippen MR) is 40.4 cm³/mol. The molecule has 0 radical (unpaired) electrons. The summed E-state index contributed by atoms with van der Waals surface area (Å²) in [7, 11) is 3.43. The van der Waals surface area contributed by atoms with Crippen LogP contribution in [-0.4, -0.2) is 31.5 Å². The Morgan fingerprint density at radius 2 is 2.40 bits per heavy atom. The number of rotatable bonds is 2. The molecule has 0 aromatic carbocycles. The van der Waals surface area contributed by atoms with Gasteiger partial charge in [0, 0.05) is 20.6 Å². The minimum absolute atomic E-state index is 0.468. The van der Waals surface area contributed by atoms with Gasteiger partial charge in [-0.3, -0.25) is 4.99 Å². The molecule has 0 spiro atoms. The standard InChI is InChI=1S/C6H12N4/c1-9-6(8)10(2)5-3-4-7/h3,5H2,1-2H3,(H2,8,9). The van der Waals surface area contributed by atoms with Gasteiger partial charge < -0.3 is 10.6 Å². The van der Waals surface area contributed by atoms with Crippen molar-refractivity contribution in [2.75, 3.05) is 20.6 Å². The second-order valence-corrected chi connectivity index (χ2v) is 1.91. The highest BCUT2D eigenvalue weighted by Gasteiger charge is 1.97. The lowest BCUT2D eigenvalue weighted by atomic mass is 10.4. The van der Waals surface area contributed by atoms with Crippen LogP contribution in [-0.2, 0) is 0 Å². The van der Waals surface area contributed by atoms with Crippen molar-refractivity contribution < 1.29 is 0 Å². The smallest absolute Gasteiger partial charge is 0.190 e. The van der Waals surface area contributed by atoms with Gasteiger partial charge in [-0.05, 0) is 0 Å². The maximum atomic E-state index is 8.21. The summed E-state index contributed by atoms with van der Waals surface area (Å²) < 4.78 is 0. The van der Waals surface area contributed by atoms with Gasteiger partial charge in [0.15, 0.2) is 5.96 Å². The summed E-state index contributed by atoms with van der Waals surface area (Å²) in [6, 6.07) is 2.03. The summed E-state index contributed by atoms with van der Waals surface area (Å²) >= 11 is 0. The van der Waals surface area contributed by atoms with E-state index in [4.69, 9.17) is 11.0 Å². The van der Waals surface area contributed by atoms with Gasteiger partial charge in [0.1, 0.15) is 0 Å². The van der Waals surface area contributed by atoms with Crippen LogP contribution < -0.4 is 5.73 Å². The maximum absolute atomic E-state index is 8.21. The predicted octanol–water partition coefficient (Wildman–Crippen LogP) is -0.224. The van der Waals surface area contributed by atoms with Gasteiger partial charge in [-0.25, -0.2) is 0 Å². The molecule has 0 amide bonds. The van der Waals surface area contributed by atoms with Crippen LogP contribution in [0, 0.1) is 11.3 Å². The zero-order valence-electron chi connectivity index (χ0n) is 6.33. The molecule has 0 saturated heterocycles. The number of guanidine groups is 1. The number of hydrogen-bond acceptors (Lipinski definition) is 2. The molecule has 0 saturated carbocycles. The lowest BCUT2D eigenvalue weighted by Crippen LogP contribution is -2.34. The molecule has 0 unspecified atom stereocenters. The SMILES string of the molecule is CN=C(N)N(C)CCC#N. The fourth-order valence-corrected chi connectivity index (χ4v) is 0.503. The highest BCUT2D eigenvalue weighted by atomic mass is 15.2. The third kappa shape index (κ3) is 2.92. The number of hydrogen-bond donors (Lipinski definition) is 1. The fourth-order valence-electron chi connectivity index (χ4n) is 0.503. The number of nitriles is 1. The van der Waals surface area contributed by atoms with Gasteiger partial charge in [0.05, 0.1) is 12.5 Å². The molecule has 0 aliphatic carbocycles. The molecule has 0 bridgehead atoms. The Morgan fingerprint density at radius 3 is 2.80 bits per heavy atom. The van der Waals surface area contributed by atoms with Crippen LogP contribution in [0.4, 0.5) is 0 Å². The zero-order valence-corrected chi connectivity index (χ0v) is 6.33. The molecule has 10 heavy (non-hydrogen) atoms. The van der Waals surface area contributed by atoms with Gasteiger partial charge >= 0.3 is 0 Å². The van der Waals surface area contributed by atoms with Crippen molar-refractivity contribution in [1.82, 2.24) is 4.90 Å². The Balaban J connectivity index is 3.64. The van der Waals surface area contributed by atoms with E-state index in [9.17, 15) is 0 Å². The van der Waals surface area contributed by atoms with Gasteiger partial charge in [-0.2, -0.15) is 5.26 Å². The Morgan fingerprint density at radius 1 is 1.80 bits per heavy atom. The van der Waals surface area contributed by atoms with E-state index >= 15 is 0 Å². The quantitative estimate of drug-likeness (QED) is 0.426. The van der Waals surface area contributed by atoms with Crippen LogP contribution in [0.2, 0.25) is 0 Å². The Kier molecular flexibility index (Phi) is 4.05. The number of nitrogens with zero attached hydrogens (tertiary/aromatic N) is 3. The van der Waals surface area contributed by atoms with E-state index in [1.54, 1.807) is 19.0 Å². The molecule has 0 aliphatic heterocycles. The lowest BCUT2D eigenvalue weighted by molar-refractivity contribution is 0.509. The van der Waals surface area contributed by atoms with E-state index < -0.39 is 0 Å². The van der Waals surface area contributed by atoms with Crippen LogP contribution in [0.1, 0.15) is 6.42 Å². The normalized spacial score (nSPS) is 10.7. The molecular formula is C6H12N4. The van der Waals surface area contributed by atoms with Gasteiger partial charge in [-0.1, -0.05) is 0 Å². The highest BCUT2D eigenvalue weighted by Crippen LogP contribution is 1.84. The Hall–Kier alpha value is -1.24. The molecule has 4 nitrogen and oxygen atoms in total. The lowest BCUT2D eigenvalue weighted by Gasteiger charge is -2.14. The second kappa shape index (κ2) is 4.62. The molecule has 0 heterocycles. The first-order valence-electron chi connectivity index (χ1n) is 3.02. The van der Waals surface area contributed by atoms with Crippen LogP contribution >= 0.6 is 0 Å². The van der Waals surface area contributed by atoms with E-state index in [0.717, 1.165) is 0 Å². The van der Waals surface area contributed by atoms with Crippen molar-refractivity contribution in [1.29, 1.82) is 5.26 Å². The zero-order chi connectivity index (χ0) is 7.98. The van der Waals surface area contributed by atoms with Crippen molar-refractivity contribution in [3.05, 3.63) is 0 Å². The van der Waals surface area contributed by atoms with E-state index in [1.807, 2.05) is 6.07 Å². The largest absolute Gasteiger partial charge is 0.370 e. The van der Waals surface area contributed by atoms with Crippen LogP contribution in [0.5, 0.6) is 0 Å². The molecule has 56 valence electrons. The topological polar surface area (TPSA) is 65.4 Å². The maximum Gasteiger partial charge on any atom is 0.190 e. The van der Waals surface area contributed by atoms with Gasteiger partial charge in [0.2, 0.25) is 0 Å². The summed E-state index contributed by atoms with van der Waals surface area (Å²) in [6.45, 7) is 0.639. The van der Waals surface area contributed by atoms with E-state index in [1.165, 1.54) is 0 Å². The highest BCUT2D eigenvalue weighted by molar-refractivity contribution is 5.77. The van der Waals surface area contributed by atoms with Gasteiger partial charge in [-0.15, -0.1) is 0 Å². The van der Waals surface area contributed by atoms with Crippen molar-refractivity contribution in [3.63, 3.8) is 0 Å². The van der Waals surface area contributed by atoms with Crippen LogP contribution in [0.25, 0.3) is 0 Å². The molecule has 0 aromatic heterocycles. The molecule has 2 N–H and O–H groups in total. The first kappa shape index (κ1) is 8.76. The first-order chi connectivity index (χ1) is 4.72. The molecule has 0 aliphatic rings. The van der Waals surface area contributed by atoms with E-state index in [-0.39, 0.29) is 0 Å². The number of aliphatic imine (C=N–C) groups is 1. The van der Waals surface area contributed by atoms with Crippen LogP contribution in [0.15, 0.2) is 4.99 Å². The average molecular weight is 140 g/mol. The molecule has 0 fully saturated rings. The molecular weight excluding hydrogens is 128 g/mol. The molecule has 0 rings (SSSR count). The van der Waals surface area contributed by atoms with E-state index in [0.29, 0.717) is 18.9 Å². The molecule has 0 atom stereocenters. The number of nitrogens with two attached hydrogens (primary N) is 1. The Labute approximate surface area is 61.0 Å². The van der Waals surface area contributed by atoms with Crippen LogP contribution in [0.3, 0.4) is 0 Å². The van der Waals surface area contributed by atoms with Gasteiger partial charge in [0.25, 0.3) is 0 Å². The second-order valence-electron chi connectivity index (χ2n) is 1.91. The monoisotopic (exact) mass is 140 g/mol. The fraction of sp³-hybridized carbons (Fsp3) is 0.667.